The average molecular weight is 434 g/mol. The summed E-state index contributed by atoms with van der Waals surface area (Å²) in [5.41, 5.74) is 2.69. The molecule has 6 heteroatoms. The van der Waals surface area contributed by atoms with Crippen molar-refractivity contribution in [2.45, 2.75) is 6.61 Å². The molecule has 0 spiro atoms. The van der Waals surface area contributed by atoms with E-state index in [0.29, 0.717) is 27.3 Å². The monoisotopic (exact) mass is 433 g/mol. The third-order valence-electron chi connectivity index (χ3n) is 4.53. The van der Waals surface area contributed by atoms with Crippen molar-refractivity contribution in [2.24, 2.45) is 0 Å². The molecule has 1 saturated heterocycles. The molecule has 1 aliphatic rings. The third-order valence-corrected chi connectivity index (χ3v) is 5.83. The van der Waals surface area contributed by atoms with Gasteiger partial charge in [-0.1, -0.05) is 78.6 Å². The zero-order chi connectivity index (χ0) is 20.9. The second kappa shape index (κ2) is 9.15. The molecule has 0 aromatic heterocycles. The lowest BCUT2D eigenvalue weighted by Gasteiger charge is -2.14. The van der Waals surface area contributed by atoms with E-state index < -0.39 is 0 Å². The number of hydrogen-bond acceptors (Lipinski definition) is 5. The number of benzene rings is 3. The van der Waals surface area contributed by atoms with Gasteiger partial charge in [0.05, 0.1) is 17.7 Å². The molecule has 0 unspecified atom stereocenters. The smallest absolute Gasteiger partial charge is 0.270 e. The van der Waals surface area contributed by atoms with E-state index in [9.17, 15) is 4.79 Å². The summed E-state index contributed by atoms with van der Waals surface area (Å²) in [5.74, 6) is 1.13. The summed E-state index contributed by atoms with van der Waals surface area (Å²) in [5, 5.41) is 0. The van der Waals surface area contributed by atoms with Crippen LogP contribution in [0.15, 0.2) is 83.8 Å². The van der Waals surface area contributed by atoms with E-state index in [0.717, 1.165) is 16.8 Å². The number of ether oxygens (including phenoxy) is 2. The summed E-state index contributed by atoms with van der Waals surface area (Å²) in [6.45, 7) is 0.451. The van der Waals surface area contributed by atoms with E-state index >= 15 is 0 Å². The minimum Gasteiger partial charge on any atom is -0.493 e. The SMILES string of the molecule is COc1cc(/C=C2/SC(=S)N(c3ccccc3)C2=O)ccc1OCc1ccccc1. The van der Waals surface area contributed by atoms with Gasteiger partial charge in [-0.2, -0.15) is 0 Å². The summed E-state index contributed by atoms with van der Waals surface area (Å²) in [7, 11) is 1.60. The molecular formula is C24H19NO3S2. The van der Waals surface area contributed by atoms with Gasteiger partial charge in [0.15, 0.2) is 15.8 Å². The fourth-order valence-corrected chi connectivity index (χ4v) is 4.35. The Hall–Kier alpha value is -3.09. The summed E-state index contributed by atoms with van der Waals surface area (Å²) >= 11 is 6.72. The first-order chi connectivity index (χ1) is 14.7. The van der Waals surface area contributed by atoms with Crippen LogP contribution in [0, 0.1) is 0 Å². The number of amides is 1. The molecule has 30 heavy (non-hydrogen) atoms. The van der Waals surface area contributed by atoms with Crippen molar-refractivity contribution in [2.75, 3.05) is 12.0 Å². The molecule has 0 saturated carbocycles. The molecule has 0 atom stereocenters. The van der Waals surface area contributed by atoms with E-state index in [4.69, 9.17) is 21.7 Å². The lowest BCUT2D eigenvalue weighted by molar-refractivity contribution is -0.113. The maximum atomic E-state index is 12.9. The maximum Gasteiger partial charge on any atom is 0.270 e. The Morgan fingerprint density at radius 2 is 1.67 bits per heavy atom. The molecule has 3 aromatic rings. The molecule has 0 N–H and O–H groups in total. The fourth-order valence-electron chi connectivity index (χ4n) is 3.05. The Kier molecular flexibility index (Phi) is 6.16. The van der Waals surface area contributed by atoms with Crippen molar-refractivity contribution in [1.29, 1.82) is 0 Å². The van der Waals surface area contributed by atoms with Crippen LogP contribution in [0.2, 0.25) is 0 Å². The lowest BCUT2D eigenvalue weighted by atomic mass is 10.1. The number of anilines is 1. The zero-order valence-electron chi connectivity index (χ0n) is 16.3. The predicted octanol–water partition coefficient (Wildman–Crippen LogP) is 5.68. The standard InChI is InChI=1S/C24H19NO3S2/c1-27-21-14-18(12-13-20(21)28-16-17-8-4-2-5-9-17)15-22-23(26)25(24(29)30-22)19-10-6-3-7-11-19/h2-15H,16H2,1H3/b22-15+. The second-order valence-corrected chi connectivity index (χ2v) is 8.21. The van der Waals surface area contributed by atoms with Gasteiger partial charge in [-0.3, -0.25) is 9.69 Å². The van der Waals surface area contributed by atoms with Gasteiger partial charge in [-0.05, 0) is 41.5 Å². The number of carbonyl (C=O) groups is 1. The molecule has 0 radical (unpaired) electrons. The highest BCUT2D eigenvalue weighted by atomic mass is 32.2. The van der Waals surface area contributed by atoms with Crippen LogP contribution in [-0.2, 0) is 11.4 Å². The van der Waals surface area contributed by atoms with E-state index in [1.165, 1.54) is 11.8 Å². The van der Waals surface area contributed by atoms with E-state index in [1.54, 1.807) is 12.0 Å². The van der Waals surface area contributed by atoms with E-state index in [2.05, 4.69) is 0 Å². The highest BCUT2D eigenvalue weighted by Gasteiger charge is 2.33. The summed E-state index contributed by atoms with van der Waals surface area (Å²) < 4.78 is 11.9. The van der Waals surface area contributed by atoms with Gasteiger partial charge >= 0.3 is 0 Å². The van der Waals surface area contributed by atoms with Gasteiger partial charge in [-0.25, -0.2) is 0 Å². The van der Waals surface area contributed by atoms with Gasteiger partial charge in [-0.15, -0.1) is 0 Å². The maximum absolute atomic E-state index is 12.9. The van der Waals surface area contributed by atoms with Gasteiger partial charge in [0.25, 0.3) is 5.91 Å². The Morgan fingerprint density at radius 1 is 0.967 bits per heavy atom. The van der Waals surface area contributed by atoms with Crippen LogP contribution in [0.25, 0.3) is 6.08 Å². The molecule has 1 heterocycles. The number of thioether (sulfide) groups is 1. The fraction of sp³-hybridized carbons (Fsp3) is 0.0833. The number of carbonyl (C=O) groups excluding carboxylic acids is 1. The summed E-state index contributed by atoms with van der Waals surface area (Å²) in [4.78, 5) is 15.0. The number of para-hydroxylation sites is 1. The van der Waals surface area contributed by atoms with Crippen LogP contribution >= 0.6 is 24.0 Å². The number of hydrogen-bond donors (Lipinski definition) is 0. The van der Waals surface area contributed by atoms with Crippen LogP contribution in [0.3, 0.4) is 0 Å². The first-order valence-electron chi connectivity index (χ1n) is 9.33. The van der Waals surface area contributed by atoms with Gasteiger partial charge in [0, 0.05) is 0 Å². The Labute approximate surface area is 185 Å². The highest BCUT2D eigenvalue weighted by molar-refractivity contribution is 8.27. The van der Waals surface area contributed by atoms with Gasteiger partial charge in [0.1, 0.15) is 6.61 Å². The molecule has 1 fully saturated rings. The third kappa shape index (κ3) is 4.40. The quantitative estimate of drug-likeness (QED) is 0.369. The summed E-state index contributed by atoms with van der Waals surface area (Å²) in [6, 6.07) is 25.0. The van der Waals surface area contributed by atoms with Crippen LogP contribution in [-0.4, -0.2) is 17.3 Å². The number of thiocarbonyl (C=S) groups is 1. The molecule has 1 aliphatic heterocycles. The average Bonchev–Trinajstić information content (AvgIpc) is 3.06. The number of nitrogens with zero attached hydrogens (tertiary/aromatic N) is 1. The Bertz CT molecular complexity index is 1100. The van der Waals surface area contributed by atoms with E-state index in [1.807, 2.05) is 84.9 Å². The van der Waals surface area contributed by atoms with Crippen molar-refractivity contribution < 1.29 is 14.3 Å². The number of methoxy groups -OCH3 is 1. The molecule has 0 aliphatic carbocycles. The Balaban J connectivity index is 1.53. The molecule has 4 rings (SSSR count). The van der Waals surface area contributed by atoms with Crippen LogP contribution < -0.4 is 14.4 Å². The largest absolute Gasteiger partial charge is 0.493 e. The minimum atomic E-state index is -0.125. The van der Waals surface area contributed by atoms with Crippen molar-refractivity contribution in [3.63, 3.8) is 0 Å². The molecule has 4 nitrogen and oxygen atoms in total. The normalized spacial score (nSPS) is 15.0. The van der Waals surface area contributed by atoms with Gasteiger partial charge in [0.2, 0.25) is 0 Å². The molecular weight excluding hydrogens is 414 g/mol. The number of rotatable bonds is 6. The van der Waals surface area contributed by atoms with Gasteiger partial charge < -0.3 is 9.47 Å². The topological polar surface area (TPSA) is 38.8 Å². The zero-order valence-corrected chi connectivity index (χ0v) is 17.9. The lowest BCUT2D eigenvalue weighted by Crippen LogP contribution is -2.27. The summed E-state index contributed by atoms with van der Waals surface area (Å²) in [6.07, 6.45) is 1.83. The highest BCUT2D eigenvalue weighted by Crippen LogP contribution is 2.37. The van der Waals surface area contributed by atoms with E-state index in [-0.39, 0.29) is 5.91 Å². The first-order valence-corrected chi connectivity index (χ1v) is 10.6. The predicted molar refractivity (Wildman–Crippen MR) is 126 cm³/mol. The van der Waals surface area contributed by atoms with Crippen molar-refractivity contribution in [3.05, 3.63) is 94.9 Å². The molecule has 3 aromatic carbocycles. The second-order valence-electron chi connectivity index (χ2n) is 6.54. The minimum absolute atomic E-state index is 0.125. The van der Waals surface area contributed by atoms with Crippen molar-refractivity contribution >= 4 is 46.0 Å². The van der Waals surface area contributed by atoms with Crippen molar-refractivity contribution in [1.82, 2.24) is 0 Å². The van der Waals surface area contributed by atoms with Crippen LogP contribution in [0.1, 0.15) is 11.1 Å². The molecule has 0 bridgehead atoms. The molecule has 1 amide bonds. The van der Waals surface area contributed by atoms with Crippen LogP contribution in [0.4, 0.5) is 5.69 Å². The molecule has 150 valence electrons. The Morgan fingerprint density at radius 3 is 2.37 bits per heavy atom. The van der Waals surface area contributed by atoms with Crippen molar-refractivity contribution in [3.8, 4) is 11.5 Å². The first kappa shape index (κ1) is 20.2. The van der Waals surface area contributed by atoms with Crippen LogP contribution in [0.5, 0.6) is 11.5 Å².